The summed E-state index contributed by atoms with van der Waals surface area (Å²) in [5, 5.41) is 8.68. The fraction of sp³-hybridized carbons (Fsp3) is 0.875. The number of aliphatic hydroxyl groups excluding tert-OH is 1. The minimum Gasteiger partial charge on any atom is -0.396 e. The van der Waals surface area contributed by atoms with Crippen LogP contribution >= 0.6 is 0 Å². The smallest absolute Gasteiger partial charge is 0.125 e. The molecule has 0 aromatic heterocycles. The lowest BCUT2D eigenvalue weighted by molar-refractivity contribution is -0.115. The highest BCUT2D eigenvalue weighted by atomic mass is 16.3. The zero-order valence-corrected chi connectivity index (χ0v) is 6.92. The van der Waals surface area contributed by atoms with Crippen molar-refractivity contribution in [1.29, 1.82) is 0 Å². The van der Waals surface area contributed by atoms with Crippen LogP contribution in [0.1, 0.15) is 27.2 Å². The van der Waals surface area contributed by atoms with Gasteiger partial charge in [-0.15, -0.1) is 0 Å². The highest BCUT2D eigenvalue weighted by Gasteiger charge is 2.19. The maximum absolute atomic E-state index is 10.4. The highest BCUT2D eigenvalue weighted by molar-refractivity contribution is 5.57. The number of hydrogen-bond donors (Lipinski definition) is 1. The van der Waals surface area contributed by atoms with Gasteiger partial charge in [0, 0.05) is 12.0 Å². The molecule has 1 atom stereocenters. The van der Waals surface area contributed by atoms with Gasteiger partial charge in [-0.25, -0.2) is 0 Å². The first kappa shape index (κ1) is 9.63. The molecule has 0 aliphatic carbocycles. The predicted molar refractivity (Wildman–Crippen MR) is 40.7 cm³/mol. The van der Waals surface area contributed by atoms with Crippen LogP contribution in [0.25, 0.3) is 0 Å². The summed E-state index contributed by atoms with van der Waals surface area (Å²) in [6.45, 7) is 5.86. The molecule has 0 rings (SSSR count). The van der Waals surface area contributed by atoms with Crippen LogP contribution in [0, 0.1) is 11.3 Å². The predicted octanol–water partition coefficient (Wildman–Crippen LogP) is 1.23. The molecule has 1 unspecified atom stereocenters. The largest absolute Gasteiger partial charge is 0.396 e. The van der Waals surface area contributed by atoms with E-state index < -0.39 is 0 Å². The topological polar surface area (TPSA) is 37.3 Å². The fourth-order valence-corrected chi connectivity index (χ4v) is 1.01. The monoisotopic (exact) mass is 144 g/mol. The summed E-state index contributed by atoms with van der Waals surface area (Å²) in [6.07, 6.45) is 1.70. The molecule has 0 fully saturated rings. The van der Waals surface area contributed by atoms with Crippen molar-refractivity contribution in [3.63, 3.8) is 0 Å². The van der Waals surface area contributed by atoms with Crippen molar-refractivity contribution < 1.29 is 9.90 Å². The second-order valence-electron chi connectivity index (χ2n) is 3.60. The van der Waals surface area contributed by atoms with Crippen LogP contribution in [0.4, 0.5) is 0 Å². The van der Waals surface area contributed by atoms with Crippen LogP contribution in [-0.2, 0) is 4.79 Å². The van der Waals surface area contributed by atoms with Crippen molar-refractivity contribution in [2.75, 3.05) is 6.61 Å². The minimum atomic E-state index is -0.276. The molecule has 0 bridgehead atoms. The molecule has 0 saturated heterocycles. The molecule has 2 nitrogen and oxygen atoms in total. The van der Waals surface area contributed by atoms with Gasteiger partial charge in [-0.05, 0) is 12.3 Å². The lowest BCUT2D eigenvalue weighted by Crippen LogP contribution is -2.18. The lowest BCUT2D eigenvalue weighted by Gasteiger charge is -2.19. The number of rotatable bonds is 4. The van der Waals surface area contributed by atoms with Gasteiger partial charge in [-0.1, -0.05) is 20.8 Å². The summed E-state index contributed by atoms with van der Waals surface area (Å²) >= 11 is 0. The molecular formula is C8H16O2. The van der Waals surface area contributed by atoms with E-state index in [-0.39, 0.29) is 17.9 Å². The minimum absolute atomic E-state index is 0.164. The molecule has 0 aromatic rings. The Morgan fingerprint density at radius 1 is 1.60 bits per heavy atom. The fourth-order valence-electron chi connectivity index (χ4n) is 1.01. The number of hydrogen-bond acceptors (Lipinski definition) is 2. The second-order valence-corrected chi connectivity index (χ2v) is 3.60. The molecule has 0 radical (unpaired) electrons. The van der Waals surface area contributed by atoms with Crippen molar-refractivity contribution >= 4 is 6.29 Å². The second kappa shape index (κ2) is 3.71. The van der Waals surface area contributed by atoms with Crippen LogP contribution < -0.4 is 0 Å². The van der Waals surface area contributed by atoms with Gasteiger partial charge >= 0.3 is 0 Å². The molecule has 0 saturated carbocycles. The third-order valence-electron chi connectivity index (χ3n) is 1.51. The van der Waals surface area contributed by atoms with E-state index >= 15 is 0 Å². The van der Waals surface area contributed by atoms with E-state index in [1.54, 1.807) is 0 Å². The van der Waals surface area contributed by atoms with Crippen LogP contribution in [0.2, 0.25) is 0 Å². The van der Waals surface area contributed by atoms with Crippen LogP contribution in [0.15, 0.2) is 0 Å². The quantitative estimate of drug-likeness (QED) is 0.602. The zero-order valence-electron chi connectivity index (χ0n) is 6.92. The van der Waals surface area contributed by atoms with Gasteiger partial charge in [0.25, 0.3) is 0 Å². The van der Waals surface area contributed by atoms with Gasteiger partial charge in [-0.3, -0.25) is 0 Å². The molecule has 1 N–H and O–H groups in total. The Balaban J connectivity index is 3.75. The Morgan fingerprint density at radius 2 is 2.10 bits per heavy atom. The van der Waals surface area contributed by atoms with E-state index in [0.717, 1.165) is 12.7 Å². The Hall–Kier alpha value is -0.370. The molecule has 60 valence electrons. The Labute approximate surface area is 62.2 Å². The van der Waals surface area contributed by atoms with Crippen LogP contribution in [-0.4, -0.2) is 18.0 Å². The summed E-state index contributed by atoms with van der Waals surface area (Å²) in [5.41, 5.74) is -0.276. The van der Waals surface area contributed by atoms with E-state index in [1.165, 1.54) is 0 Å². The maximum atomic E-state index is 10.4. The first-order chi connectivity index (χ1) is 4.52. The summed E-state index contributed by atoms with van der Waals surface area (Å²) in [6, 6.07) is 0. The third-order valence-corrected chi connectivity index (χ3v) is 1.51. The summed E-state index contributed by atoms with van der Waals surface area (Å²) in [5.74, 6) is 0.222. The van der Waals surface area contributed by atoms with Crippen molar-refractivity contribution in [1.82, 2.24) is 0 Å². The SMILES string of the molecule is CC(CO)CC(C)(C)C=O. The zero-order chi connectivity index (χ0) is 8.20. The summed E-state index contributed by atoms with van der Waals surface area (Å²) < 4.78 is 0. The number of aliphatic hydroxyl groups is 1. The van der Waals surface area contributed by atoms with E-state index in [9.17, 15) is 4.79 Å². The molecule has 0 aromatic carbocycles. The Morgan fingerprint density at radius 3 is 2.40 bits per heavy atom. The van der Waals surface area contributed by atoms with Crippen molar-refractivity contribution in [3.8, 4) is 0 Å². The lowest BCUT2D eigenvalue weighted by atomic mass is 9.85. The van der Waals surface area contributed by atoms with Crippen molar-refractivity contribution in [2.45, 2.75) is 27.2 Å². The van der Waals surface area contributed by atoms with E-state index in [2.05, 4.69) is 0 Å². The normalized spacial score (nSPS) is 14.8. The van der Waals surface area contributed by atoms with Crippen molar-refractivity contribution in [2.24, 2.45) is 11.3 Å². The number of carbonyl (C=O) groups excluding carboxylic acids is 1. The molecule has 0 amide bonds. The first-order valence-corrected chi connectivity index (χ1v) is 3.59. The third kappa shape index (κ3) is 3.62. The standard InChI is InChI=1S/C8H16O2/c1-7(5-9)4-8(2,3)6-10/h6-7,9H,4-5H2,1-3H3. The first-order valence-electron chi connectivity index (χ1n) is 3.59. The van der Waals surface area contributed by atoms with E-state index in [4.69, 9.17) is 5.11 Å². The molecule has 0 heterocycles. The van der Waals surface area contributed by atoms with Gasteiger partial charge in [0.2, 0.25) is 0 Å². The van der Waals surface area contributed by atoms with Gasteiger partial charge < -0.3 is 9.90 Å². The maximum Gasteiger partial charge on any atom is 0.125 e. The van der Waals surface area contributed by atoms with Crippen molar-refractivity contribution in [3.05, 3.63) is 0 Å². The molecule has 0 aliphatic heterocycles. The Bertz CT molecular complexity index is 108. The molecular weight excluding hydrogens is 128 g/mol. The van der Waals surface area contributed by atoms with Gasteiger partial charge in [-0.2, -0.15) is 0 Å². The highest BCUT2D eigenvalue weighted by Crippen LogP contribution is 2.21. The molecule has 2 heteroatoms. The summed E-state index contributed by atoms with van der Waals surface area (Å²) in [7, 11) is 0. The molecule has 10 heavy (non-hydrogen) atoms. The summed E-state index contributed by atoms with van der Waals surface area (Å²) in [4.78, 5) is 10.4. The number of aldehydes is 1. The molecule has 0 aliphatic rings. The number of carbonyl (C=O) groups is 1. The van der Waals surface area contributed by atoms with E-state index in [0.29, 0.717) is 0 Å². The van der Waals surface area contributed by atoms with Gasteiger partial charge in [0.1, 0.15) is 6.29 Å². The van der Waals surface area contributed by atoms with Gasteiger partial charge in [0.15, 0.2) is 0 Å². The molecule has 0 spiro atoms. The average molecular weight is 144 g/mol. The van der Waals surface area contributed by atoms with Gasteiger partial charge in [0.05, 0.1) is 0 Å². The van der Waals surface area contributed by atoms with Crippen LogP contribution in [0.5, 0.6) is 0 Å². The Kier molecular flexibility index (Phi) is 3.58. The average Bonchev–Trinajstić information content (AvgIpc) is 1.87. The van der Waals surface area contributed by atoms with Crippen LogP contribution in [0.3, 0.4) is 0 Å². The van der Waals surface area contributed by atoms with E-state index in [1.807, 2.05) is 20.8 Å².